The van der Waals surface area contributed by atoms with Gasteiger partial charge in [0.1, 0.15) is 6.04 Å². The Morgan fingerprint density at radius 3 is 2.81 bits per heavy atom. The van der Waals surface area contributed by atoms with Crippen molar-refractivity contribution in [2.45, 2.75) is 32.4 Å². The van der Waals surface area contributed by atoms with Gasteiger partial charge in [0.05, 0.1) is 12.4 Å². The molecule has 0 aliphatic carbocycles. The van der Waals surface area contributed by atoms with E-state index < -0.39 is 6.04 Å². The van der Waals surface area contributed by atoms with E-state index in [0.29, 0.717) is 17.8 Å². The van der Waals surface area contributed by atoms with Crippen LogP contribution in [0.4, 0.5) is 0 Å². The molecule has 0 spiro atoms. The zero-order valence-corrected chi connectivity index (χ0v) is 15.7. The Bertz CT molecular complexity index is 1010. The highest BCUT2D eigenvalue weighted by Gasteiger charge is 2.32. The summed E-state index contributed by atoms with van der Waals surface area (Å²) in [6, 6.07) is 9.06. The standard InChI is InChI=1S/C21H24N4O2/c1-15-7-10-23(13-19(15)24-12-9-22-14-24)20(26)16(2)25-11-8-17-5-3-4-6-18(17)21(25)27/h3-6,8-9,11-12,14-16,19H,7,10,13H2,1-2H3. The summed E-state index contributed by atoms with van der Waals surface area (Å²) in [5.74, 6) is 0.464. The summed E-state index contributed by atoms with van der Waals surface area (Å²) in [6.45, 7) is 5.38. The first-order valence-electron chi connectivity index (χ1n) is 9.42. The van der Waals surface area contributed by atoms with Gasteiger partial charge in [0.2, 0.25) is 5.91 Å². The lowest BCUT2D eigenvalue weighted by Crippen LogP contribution is -2.47. The number of likely N-dealkylation sites (tertiary alicyclic amines) is 1. The molecule has 0 saturated carbocycles. The summed E-state index contributed by atoms with van der Waals surface area (Å²) in [5, 5.41) is 1.54. The van der Waals surface area contributed by atoms with Gasteiger partial charge in [-0.3, -0.25) is 9.59 Å². The maximum absolute atomic E-state index is 13.1. The maximum atomic E-state index is 13.1. The van der Waals surface area contributed by atoms with Crippen molar-refractivity contribution in [3.8, 4) is 0 Å². The lowest BCUT2D eigenvalue weighted by Gasteiger charge is -2.38. The molecule has 2 aromatic heterocycles. The SMILES string of the molecule is CC1CCN(C(=O)C(C)n2ccc3ccccc3c2=O)CC1n1ccnc1. The third-order valence-electron chi connectivity index (χ3n) is 5.75. The molecule has 0 radical (unpaired) electrons. The van der Waals surface area contributed by atoms with E-state index in [0.717, 1.165) is 18.4 Å². The third kappa shape index (κ3) is 3.16. The molecular weight excluding hydrogens is 340 g/mol. The molecular formula is C21H24N4O2. The number of pyridine rings is 1. The van der Waals surface area contributed by atoms with Crippen LogP contribution < -0.4 is 5.56 Å². The lowest BCUT2D eigenvalue weighted by molar-refractivity contribution is -0.136. The van der Waals surface area contributed by atoms with E-state index in [4.69, 9.17) is 0 Å². The van der Waals surface area contributed by atoms with Gasteiger partial charge >= 0.3 is 0 Å². The van der Waals surface area contributed by atoms with Crippen LogP contribution in [-0.2, 0) is 4.79 Å². The van der Waals surface area contributed by atoms with Crippen LogP contribution in [0, 0.1) is 5.92 Å². The summed E-state index contributed by atoms with van der Waals surface area (Å²) in [6.07, 6.45) is 8.20. The number of hydrogen-bond acceptors (Lipinski definition) is 3. The van der Waals surface area contributed by atoms with Crippen LogP contribution in [-0.4, -0.2) is 38.0 Å². The van der Waals surface area contributed by atoms with Crippen LogP contribution in [0.25, 0.3) is 10.8 Å². The van der Waals surface area contributed by atoms with Crippen LogP contribution in [0.5, 0.6) is 0 Å². The number of carbonyl (C=O) groups excluding carboxylic acids is 1. The van der Waals surface area contributed by atoms with Crippen molar-refractivity contribution in [1.82, 2.24) is 19.0 Å². The molecule has 27 heavy (non-hydrogen) atoms. The number of rotatable bonds is 3. The highest BCUT2D eigenvalue weighted by molar-refractivity contribution is 5.83. The number of fused-ring (bicyclic) bond motifs is 1. The Morgan fingerprint density at radius 2 is 2.04 bits per heavy atom. The predicted molar refractivity (Wildman–Crippen MR) is 105 cm³/mol. The number of benzene rings is 1. The summed E-state index contributed by atoms with van der Waals surface area (Å²) in [5.41, 5.74) is -0.120. The summed E-state index contributed by atoms with van der Waals surface area (Å²) in [4.78, 5) is 32.0. The monoisotopic (exact) mass is 364 g/mol. The minimum absolute atomic E-state index is 0.00982. The first kappa shape index (κ1) is 17.5. The van der Waals surface area contributed by atoms with Gasteiger partial charge in [0.25, 0.3) is 5.56 Å². The first-order valence-corrected chi connectivity index (χ1v) is 9.42. The average Bonchev–Trinajstić information content (AvgIpc) is 3.22. The molecule has 0 bridgehead atoms. The number of carbonyl (C=O) groups is 1. The Morgan fingerprint density at radius 1 is 1.22 bits per heavy atom. The highest BCUT2D eigenvalue weighted by atomic mass is 16.2. The van der Waals surface area contributed by atoms with Crippen molar-refractivity contribution >= 4 is 16.7 Å². The molecule has 3 aromatic rings. The zero-order chi connectivity index (χ0) is 19.0. The van der Waals surface area contributed by atoms with Gasteiger partial charge in [0.15, 0.2) is 0 Å². The van der Waals surface area contributed by atoms with Crippen LogP contribution in [0.2, 0.25) is 0 Å². The van der Waals surface area contributed by atoms with E-state index in [-0.39, 0.29) is 17.5 Å². The Balaban J connectivity index is 1.59. The van der Waals surface area contributed by atoms with Gasteiger partial charge in [-0.1, -0.05) is 25.1 Å². The van der Waals surface area contributed by atoms with Crippen molar-refractivity contribution in [2.75, 3.05) is 13.1 Å². The minimum atomic E-state index is -0.529. The Labute approximate surface area is 158 Å². The van der Waals surface area contributed by atoms with Gasteiger partial charge in [-0.15, -0.1) is 0 Å². The number of hydrogen-bond donors (Lipinski definition) is 0. The zero-order valence-electron chi connectivity index (χ0n) is 15.7. The topological polar surface area (TPSA) is 60.1 Å². The molecule has 6 nitrogen and oxygen atoms in total. The summed E-state index contributed by atoms with van der Waals surface area (Å²) < 4.78 is 3.63. The molecule has 1 fully saturated rings. The van der Waals surface area contributed by atoms with Gasteiger partial charge in [-0.2, -0.15) is 0 Å². The second-order valence-electron chi connectivity index (χ2n) is 7.42. The van der Waals surface area contributed by atoms with E-state index >= 15 is 0 Å². The van der Waals surface area contributed by atoms with Crippen molar-refractivity contribution in [2.24, 2.45) is 5.92 Å². The van der Waals surface area contributed by atoms with Crippen LogP contribution in [0.3, 0.4) is 0 Å². The van der Waals surface area contributed by atoms with E-state index in [2.05, 4.69) is 16.5 Å². The highest BCUT2D eigenvalue weighted by Crippen LogP contribution is 2.28. The van der Waals surface area contributed by atoms with Gasteiger partial charge in [-0.05, 0) is 36.8 Å². The largest absolute Gasteiger partial charge is 0.339 e. The first-order chi connectivity index (χ1) is 13.1. The summed E-state index contributed by atoms with van der Waals surface area (Å²) >= 11 is 0. The molecule has 4 rings (SSSR count). The molecule has 1 aliphatic heterocycles. The molecule has 1 amide bonds. The Kier molecular flexibility index (Phi) is 4.56. The normalized spacial score (nSPS) is 21.3. The molecule has 1 aromatic carbocycles. The predicted octanol–water partition coefficient (Wildman–Crippen LogP) is 2.87. The molecule has 1 saturated heterocycles. The lowest BCUT2D eigenvalue weighted by atomic mass is 9.93. The molecule has 3 heterocycles. The molecule has 140 valence electrons. The molecule has 1 aliphatic rings. The minimum Gasteiger partial charge on any atom is -0.339 e. The van der Waals surface area contributed by atoms with Gasteiger partial charge in [0, 0.05) is 37.1 Å². The van der Waals surface area contributed by atoms with Crippen LogP contribution in [0.1, 0.15) is 32.4 Å². The smallest absolute Gasteiger partial charge is 0.259 e. The van der Waals surface area contributed by atoms with Crippen molar-refractivity contribution < 1.29 is 4.79 Å². The second-order valence-corrected chi connectivity index (χ2v) is 7.42. The fourth-order valence-electron chi connectivity index (χ4n) is 4.00. The van der Waals surface area contributed by atoms with Crippen molar-refractivity contribution in [3.05, 3.63) is 65.6 Å². The second kappa shape index (κ2) is 7.02. The van der Waals surface area contributed by atoms with E-state index in [9.17, 15) is 9.59 Å². The van der Waals surface area contributed by atoms with Crippen LogP contribution in [0.15, 0.2) is 60.0 Å². The number of aromatic nitrogens is 3. The molecule has 3 atom stereocenters. The maximum Gasteiger partial charge on any atom is 0.259 e. The summed E-state index contributed by atoms with van der Waals surface area (Å²) in [7, 11) is 0. The third-order valence-corrected chi connectivity index (χ3v) is 5.75. The fraction of sp³-hybridized carbons (Fsp3) is 0.381. The number of amides is 1. The fourth-order valence-corrected chi connectivity index (χ4v) is 4.00. The Hall–Kier alpha value is -2.89. The quantitative estimate of drug-likeness (QED) is 0.718. The van der Waals surface area contributed by atoms with E-state index in [1.807, 2.05) is 54.7 Å². The van der Waals surface area contributed by atoms with E-state index in [1.165, 1.54) is 0 Å². The van der Waals surface area contributed by atoms with E-state index in [1.54, 1.807) is 17.0 Å². The van der Waals surface area contributed by atoms with Crippen LogP contribution >= 0.6 is 0 Å². The number of imidazole rings is 1. The van der Waals surface area contributed by atoms with Gasteiger partial charge < -0.3 is 14.0 Å². The van der Waals surface area contributed by atoms with Crippen molar-refractivity contribution in [1.29, 1.82) is 0 Å². The molecule has 6 heteroatoms. The van der Waals surface area contributed by atoms with Gasteiger partial charge in [-0.25, -0.2) is 4.98 Å². The average molecular weight is 364 g/mol. The van der Waals surface area contributed by atoms with Crippen molar-refractivity contribution in [3.63, 3.8) is 0 Å². The number of nitrogens with zero attached hydrogens (tertiary/aromatic N) is 4. The molecule has 3 unspecified atom stereocenters. The molecule has 0 N–H and O–H groups in total. The number of piperidine rings is 1.